The van der Waals surface area contributed by atoms with Crippen molar-refractivity contribution in [3.8, 4) is 0 Å². The molecule has 1 aromatic rings. The molecule has 0 atom stereocenters. The Bertz CT molecular complexity index is 464. The van der Waals surface area contributed by atoms with Gasteiger partial charge in [0.05, 0.1) is 15.9 Å². The van der Waals surface area contributed by atoms with Gasteiger partial charge in [0.15, 0.2) is 0 Å². The van der Waals surface area contributed by atoms with Crippen LogP contribution in [0.3, 0.4) is 0 Å². The van der Waals surface area contributed by atoms with E-state index < -0.39 is 5.91 Å². The van der Waals surface area contributed by atoms with Crippen molar-refractivity contribution < 1.29 is 4.79 Å². The van der Waals surface area contributed by atoms with Crippen molar-refractivity contribution in [3.05, 3.63) is 34.9 Å². The third-order valence-corrected chi connectivity index (χ3v) is 1.97. The van der Waals surface area contributed by atoms with Crippen LogP contribution in [0.4, 0.5) is 5.69 Å². The average molecular weight is 239 g/mol. The van der Waals surface area contributed by atoms with Crippen molar-refractivity contribution in [2.45, 2.75) is 0 Å². The van der Waals surface area contributed by atoms with Gasteiger partial charge in [-0.15, -0.1) is 0 Å². The fourth-order valence-electron chi connectivity index (χ4n) is 0.945. The summed E-state index contributed by atoms with van der Waals surface area (Å²) in [6.07, 6.45) is 2.83. The lowest BCUT2D eigenvalue weighted by Crippen LogP contribution is -2.04. The summed E-state index contributed by atoms with van der Waals surface area (Å²) in [5.74, 6) is -0.507. The summed E-state index contributed by atoms with van der Waals surface area (Å²) in [7, 11) is 0. The predicted octanol–water partition coefficient (Wildman–Crippen LogP) is 2.57. The minimum Gasteiger partial charge on any atom is -0.366 e. The number of aliphatic imine (C=N–C) groups is 1. The van der Waals surface area contributed by atoms with Crippen LogP contribution in [-0.2, 0) is 4.79 Å². The maximum atomic E-state index is 10.5. The molecule has 0 heterocycles. The van der Waals surface area contributed by atoms with Crippen LogP contribution in [0.5, 0.6) is 0 Å². The quantitative estimate of drug-likeness (QED) is 0.500. The summed E-state index contributed by atoms with van der Waals surface area (Å²) in [4.78, 5) is 14.2. The summed E-state index contributed by atoms with van der Waals surface area (Å²) >= 11 is 10.4. The molecule has 2 N–H and O–H groups in total. The topological polar surface area (TPSA) is 55.5 Å². The number of halogens is 1. The molecular weight excluding hydrogens is 232 g/mol. The standard InChI is InChI=1S/C10H7ClN2OS/c11-8-5-7(2-4-10(12)14)1-3-9(8)13-6-15/h1-5H,(H2,12,14). The fraction of sp³-hybridized carbons (Fsp3) is 0. The molecule has 1 amide bonds. The molecular formula is C10H7ClN2OS. The van der Waals surface area contributed by atoms with E-state index in [1.54, 1.807) is 24.3 Å². The molecule has 1 aromatic carbocycles. The summed E-state index contributed by atoms with van der Waals surface area (Å²) in [5.41, 5.74) is 6.27. The van der Waals surface area contributed by atoms with Gasteiger partial charge >= 0.3 is 0 Å². The monoisotopic (exact) mass is 238 g/mol. The number of nitrogens with two attached hydrogens (primary N) is 1. The second-order valence-corrected chi connectivity index (χ2v) is 3.24. The number of hydrogen-bond donors (Lipinski definition) is 1. The number of carbonyl (C=O) groups is 1. The van der Waals surface area contributed by atoms with Crippen molar-refractivity contribution in [3.63, 3.8) is 0 Å². The fourth-order valence-corrected chi connectivity index (χ4v) is 1.27. The lowest BCUT2D eigenvalue weighted by molar-refractivity contribution is -0.113. The summed E-state index contributed by atoms with van der Waals surface area (Å²) < 4.78 is 0. The molecule has 0 aliphatic carbocycles. The lowest BCUT2D eigenvalue weighted by Gasteiger charge is -1.97. The lowest BCUT2D eigenvalue weighted by atomic mass is 10.2. The Balaban J connectivity index is 3.01. The first kappa shape index (κ1) is 11.6. The van der Waals surface area contributed by atoms with Gasteiger partial charge in [0.25, 0.3) is 0 Å². The maximum absolute atomic E-state index is 10.5. The zero-order valence-corrected chi connectivity index (χ0v) is 9.18. The van der Waals surface area contributed by atoms with E-state index >= 15 is 0 Å². The van der Waals surface area contributed by atoms with Gasteiger partial charge in [-0.05, 0) is 36.0 Å². The number of primary amides is 1. The molecule has 0 spiro atoms. The molecule has 76 valence electrons. The Morgan fingerprint density at radius 3 is 2.87 bits per heavy atom. The van der Waals surface area contributed by atoms with E-state index in [4.69, 9.17) is 17.3 Å². The van der Waals surface area contributed by atoms with Gasteiger partial charge in [0.1, 0.15) is 0 Å². The third kappa shape index (κ3) is 3.64. The zero-order chi connectivity index (χ0) is 11.3. The Hall–Kier alpha value is -1.48. The number of carbonyl (C=O) groups excluding carboxylic acids is 1. The van der Waals surface area contributed by atoms with Gasteiger partial charge in [-0.3, -0.25) is 4.79 Å². The van der Waals surface area contributed by atoms with Crippen LogP contribution < -0.4 is 5.73 Å². The van der Waals surface area contributed by atoms with Crippen LogP contribution in [0.2, 0.25) is 5.02 Å². The summed E-state index contributed by atoms with van der Waals surface area (Å²) in [5, 5.41) is 2.67. The van der Waals surface area contributed by atoms with E-state index in [2.05, 4.69) is 22.4 Å². The average Bonchev–Trinajstić information content (AvgIpc) is 2.19. The highest BCUT2D eigenvalue weighted by Crippen LogP contribution is 2.25. The van der Waals surface area contributed by atoms with Gasteiger partial charge < -0.3 is 5.73 Å². The van der Waals surface area contributed by atoms with Gasteiger partial charge in [0.2, 0.25) is 5.91 Å². The van der Waals surface area contributed by atoms with E-state index in [1.165, 1.54) is 6.08 Å². The first-order chi connectivity index (χ1) is 7.13. The number of thiocarbonyl (C=S) groups is 1. The molecule has 0 radical (unpaired) electrons. The Labute approximate surface area is 97.3 Å². The number of isothiocyanates is 1. The molecule has 15 heavy (non-hydrogen) atoms. The molecule has 5 heteroatoms. The molecule has 0 unspecified atom stereocenters. The van der Waals surface area contributed by atoms with Crippen molar-refractivity contribution in [1.29, 1.82) is 0 Å². The number of rotatable bonds is 3. The molecule has 0 aromatic heterocycles. The third-order valence-electron chi connectivity index (χ3n) is 1.58. The second-order valence-electron chi connectivity index (χ2n) is 2.65. The second kappa shape index (κ2) is 5.41. The first-order valence-corrected chi connectivity index (χ1v) is 4.77. The van der Waals surface area contributed by atoms with E-state index in [0.717, 1.165) is 5.56 Å². The maximum Gasteiger partial charge on any atom is 0.241 e. The number of benzene rings is 1. The van der Waals surface area contributed by atoms with Crippen LogP contribution in [0.15, 0.2) is 29.3 Å². The van der Waals surface area contributed by atoms with Crippen molar-refractivity contribution in [1.82, 2.24) is 0 Å². The van der Waals surface area contributed by atoms with E-state index in [9.17, 15) is 4.79 Å². The van der Waals surface area contributed by atoms with Crippen LogP contribution in [0, 0.1) is 0 Å². The normalized spacial score (nSPS) is 9.93. The van der Waals surface area contributed by atoms with Gasteiger partial charge in [0, 0.05) is 6.08 Å². The van der Waals surface area contributed by atoms with Crippen molar-refractivity contribution in [2.24, 2.45) is 10.7 Å². The number of amides is 1. The largest absolute Gasteiger partial charge is 0.366 e. The summed E-state index contributed by atoms with van der Waals surface area (Å²) in [6, 6.07) is 5.09. The van der Waals surface area contributed by atoms with E-state index in [1.807, 2.05) is 0 Å². The van der Waals surface area contributed by atoms with Crippen LogP contribution in [0.1, 0.15) is 5.56 Å². The minimum absolute atomic E-state index is 0.443. The van der Waals surface area contributed by atoms with Crippen LogP contribution in [-0.4, -0.2) is 11.1 Å². The molecule has 0 saturated heterocycles. The molecule has 0 saturated carbocycles. The van der Waals surface area contributed by atoms with Gasteiger partial charge in [-0.2, -0.15) is 4.99 Å². The predicted molar refractivity (Wildman–Crippen MR) is 64.4 cm³/mol. The van der Waals surface area contributed by atoms with E-state index in [-0.39, 0.29) is 0 Å². The van der Waals surface area contributed by atoms with Gasteiger partial charge in [-0.1, -0.05) is 17.7 Å². The molecule has 1 rings (SSSR count). The number of nitrogens with zero attached hydrogens (tertiary/aromatic N) is 1. The first-order valence-electron chi connectivity index (χ1n) is 3.98. The molecule has 0 bridgehead atoms. The molecule has 3 nitrogen and oxygen atoms in total. The smallest absolute Gasteiger partial charge is 0.241 e. The van der Waals surface area contributed by atoms with E-state index in [0.29, 0.717) is 10.7 Å². The number of hydrogen-bond acceptors (Lipinski definition) is 3. The molecule has 0 aliphatic heterocycles. The Kier molecular flexibility index (Phi) is 4.18. The zero-order valence-electron chi connectivity index (χ0n) is 7.61. The highest BCUT2D eigenvalue weighted by Gasteiger charge is 1.98. The van der Waals surface area contributed by atoms with Crippen molar-refractivity contribution in [2.75, 3.05) is 0 Å². The minimum atomic E-state index is -0.507. The van der Waals surface area contributed by atoms with Crippen LogP contribution >= 0.6 is 23.8 Å². The highest BCUT2D eigenvalue weighted by molar-refractivity contribution is 7.78. The Morgan fingerprint density at radius 1 is 1.60 bits per heavy atom. The SMILES string of the molecule is NC(=O)C=Cc1ccc(N=C=S)c(Cl)c1. The Morgan fingerprint density at radius 2 is 2.33 bits per heavy atom. The highest BCUT2D eigenvalue weighted by atomic mass is 35.5. The van der Waals surface area contributed by atoms with Gasteiger partial charge in [-0.25, -0.2) is 0 Å². The molecule has 0 fully saturated rings. The molecule has 0 aliphatic rings. The summed E-state index contributed by atoms with van der Waals surface area (Å²) in [6.45, 7) is 0. The van der Waals surface area contributed by atoms with Crippen molar-refractivity contribution >= 4 is 46.7 Å². The van der Waals surface area contributed by atoms with Crippen LogP contribution in [0.25, 0.3) is 6.08 Å².